The van der Waals surface area contributed by atoms with Gasteiger partial charge in [0.2, 0.25) is 0 Å². The summed E-state index contributed by atoms with van der Waals surface area (Å²) in [5.74, 6) is 0.162. The summed E-state index contributed by atoms with van der Waals surface area (Å²) in [6.07, 6.45) is 2.46. The molecule has 0 aromatic carbocycles. The number of amides is 1. The van der Waals surface area contributed by atoms with Crippen molar-refractivity contribution in [2.24, 2.45) is 0 Å². The van der Waals surface area contributed by atoms with Crippen molar-refractivity contribution in [3.63, 3.8) is 0 Å². The zero-order chi connectivity index (χ0) is 16.0. The van der Waals surface area contributed by atoms with E-state index in [-0.39, 0.29) is 17.7 Å². The van der Waals surface area contributed by atoms with Gasteiger partial charge in [-0.1, -0.05) is 0 Å². The fourth-order valence-electron chi connectivity index (χ4n) is 3.56. The molecule has 5 heteroatoms. The molecule has 2 rings (SSSR count). The maximum absolute atomic E-state index is 13.1. The average molecular weight is 291 g/mol. The van der Waals surface area contributed by atoms with Gasteiger partial charge in [0, 0.05) is 36.2 Å². The van der Waals surface area contributed by atoms with Crippen LogP contribution in [0.3, 0.4) is 0 Å². The van der Waals surface area contributed by atoms with Crippen molar-refractivity contribution >= 4 is 11.7 Å². The molecule has 0 N–H and O–H groups in total. The van der Waals surface area contributed by atoms with Gasteiger partial charge in [-0.15, -0.1) is 0 Å². The summed E-state index contributed by atoms with van der Waals surface area (Å²) in [6.45, 7) is 11.8. The molecule has 0 unspecified atom stereocenters. The molecule has 0 spiro atoms. The van der Waals surface area contributed by atoms with E-state index in [2.05, 4.69) is 5.10 Å². The first-order valence-electron chi connectivity index (χ1n) is 7.46. The fourth-order valence-corrected chi connectivity index (χ4v) is 3.56. The van der Waals surface area contributed by atoms with E-state index in [1.165, 1.54) is 0 Å². The van der Waals surface area contributed by atoms with Gasteiger partial charge < -0.3 is 4.90 Å². The standard InChI is InChI=1S/C16H25N3O2/c1-11(2)18-13(7-8-17-18)14(21)19-15(3,4)9-12(20)10-16(19,5)6/h7-8,11H,9-10H2,1-6H3. The first-order valence-corrected chi connectivity index (χ1v) is 7.46. The molecule has 0 atom stereocenters. The summed E-state index contributed by atoms with van der Waals surface area (Å²) in [5.41, 5.74) is -0.384. The summed E-state index contributed by atoms with van der Waals surface area (Å²) in [7, 11) is 0. The van der Waals surface area contributed by atoms with Crippen molar-refractivity contribution in [3.05, 3.63) is 18.0 Å². The highest BCUT2D eigenvalue weighted by Gasteiger charge is 2.48. The highest BCUT2D eigenvalue weighted by Crippen LogP contribution is 2.37. The average Bonchev–Trinajstić information content (AvgIpc) is 2.72. The fraction of sp³-hybridized carbons (Fsp3) is 0.688. The minimum absolute atomic E-state index is 0.0521. The number of carbonyl (C=O) groups is 2. The molecule has 0 bridgehead atoms. The second-order valence-corrected chi connectivity index (χ2v) is 7.41. The third-order valence-electron chi connectivity index (χ3n) is 4.05. The van der Waals surface area contributed by atoms with Gasteiger partial charge in [0.1, 0.15) is 11.5 Å². The molecular formula is C16H25N3O2. The zero-order valence-corrected chi connectivity index (χ0v) is 13.8. The van der Waals surface area contributed by atoms with Crippen molar-refractivity contribution < 1.29 is 9.59 Å². The van der Waals surface area contributed by atoms with Crippen molar-refractivity contribution in [1.82, 2.24) is 14.7 Å². The summed E-state index contributed by atoms with van der Waals surface area (Å²) in [6, 6.07) is 1.88. The van der Waals surface area contributed by atoms with Crippen LogP contribution in [0.5, 0.6) is 0 Å². The van der Waals surface area contributed by atoms with Crippen molar-refractivity contribution in [2.75, 3.05) is 0 Å². The van der Waals surface area contributed by atoms with Crippen LogP contribution in [0.4, 0.5) is 0 Å². The van der Waals surface area contributed by atoms with Crippen LogP contribution < -0.4 is 0 Å². The van der Waals surface area contributed by atoms with Crippen molar-refractivity contribution in [3.8, 4) is 0 Å². The number of hydrogen-bond donors (Lipinski definition) is 0. The SMILES string of the molecule is CC(C)n1nccc1C(=O)N1C(C)(C)CC(=O)CC1(C)C. The molecule has 2 heterocycles. The minimum Gasteiger partial charge on any atom is -0.326 e. The molecule has 5 nitrogen and oxygen atoms in total. The maximum atomic E-state index is 13.1. The molecule has 21 heavy (non-hydrogen) atoms. The Balaban J connectivity index is 2.45. The Kier molecular flexibility index (Phi) is 3.72. The number of aromatic nitrogens is 2. The number of piperidine rings is 1. The van der Waals surface area contributed by atoms with E-state index in [0.717, 1.165) is 0 Å². The van der Waals surface area contributed by atoms with Crippen LogP contribution in [0.25, 0.3) is 0 Å². The largest absolute Gasteiger partial charge is 0.326 e. The van der Waals surface area contributed by atoms with Crippen LogP contribution in [0.15, 0.2) is 12.3 Å². The molecule has 1 amide bonds. The number of ketones is 1. The second kappa shape index (κ2) is 4.97. The number of rotatable bonds is 2. The summed E-state index contributed by atoms with van der Waals surface area (Å²) >= 11 is 0. The smallest absolute Gasteiger partial charge is 0.273 e. The summed E-state index contributed by atoms with van der Waals surface area (Å²) < 4.78 is 1.74. The molecule has 0 saturated carbocycles. The van der Waals surface area contributed by atoms with Crippen LogP contribution >= 0.6 is 0 Å². The van der Waals surface area contributed by atoms with Gasteiger partial charge in [-0.3, -0.25) is 14.3 Å². The molecule has 1 saturated heterocycles. The van der Waals surface area contributed by atoms with Gasteiger partial charge in [-0.2, -0.15) is 5.10 Å². The lowest BCUT2D eigenvalue weighted by Gasteiger charge is -2.52. The summed E-state index contributed by atoms with van der Waals surface area (Å²) in [4.78, 5) is 26.9. The maximum Gasteiger partial charge on any atom is 0.273 e. The Hall–Kier alpha value is -1.65. The normalized spacial score (nSPS) is 20.9. The molecule has 1 aromatic heterocycles. The van der Waals surface area contributed by atoms with Crippen LogP contribution in [0.1, 0.15) is 70.9 Å². The number of nitrogens with zero attached hydrogens (tertiary/aromatic N) is 3. The number of hydrogen-bond acceptors (Lipinski definition) is 3. The Morgan fingerprint density at radius 3 is 2.19 bits per heavy atom. The van der Waals surface area contributed by atoms with Crippen LogP contribution in [0, 0.1) is 0 Å². The quantitative estimate of drug-likeness (QED) is 0.842. The molecule has 1 aliphatic rings. The zero-order valence-electron chi connectivity index (χ0n) is 13.8. The first-order chi connectivity index (χ1) is 9.56. The third kappa shape index (κ3) is 2.74. The Labute approximate surface area is 126 Å². The van der Waals surface area contributed by atoms with E-state index >= 15 is 0 Å². The van der Waals surface area contributed by atoms with Crippen LogP contribution in [-0.4, -0.2) is 37.4 Å². The van der Waals surface area contributed by atoms with Crippen LogP contribution in [0.2, 0.25) is 0 Å². The van der Waals surface area contributed by atoms with Crippen LogP contribution in [-0.2, 0) is 4.79 Å². The van der Waals surface area contributed by atoms with Gasteiger partial charge in [-0.05, 0) is 47.6 Å². The predicted octanol–water partition coefficient (Wildman–Crippen LogP) is 2.83. The minimum atomic E-state index is -0.484. The molecule has 1 fully saturated rings. The molecule has 1 aromatic rings. The summed E-state index contributed by atoms with van der Waals surface area (Å²) in [5, 5.41) is 4.24. The van der Waals surface area contributed by atoms with Gasteiger partial charge in [-0.25, -0.2) is 0 Å². The lowest BCUT2D eigenvalue weighted by Crippen LogP contribution is -2.63. The second-order valence-electron chi connectivity index (χ2n) is 7.41. The van der Waals surface area contributed by atoms with E-state index in [1.807, 2.05) is 46.4 Å². The molecule has 1 aliphatic heterocycles. The molecule has 0 aliphatic carbocycles. The Bertz CT molecular complexity index is 550. The highest BCUT2D eigenvalue weighted by molar-refractivity contribution is 5.96. The van der Waals surface area contributed by atoms with Gasteiger partial charge in [0.25, 0.3) is 5.91 Å². The van der Waals surface area contributed by atoms with Gasteiger partial charge >= 0.3 is 0 Å². The highest BCUT2D eigenvalue weighted by atomic mass is 16.2. The topological polar surface area (TPSA) is 55.2 Å². The van der Waals surface area contributed by atoms with E-state index in [0.29, 0.717) is 18.5 Å². The van der Waals surface area contributed by atoms with E-state index in [1.54, 1.807) is 16.9 Å². The van der Waals surface area contributed by atoms with E-state index in [4.69, 9.17) is 0 Å². The number of carbonyl (C=O) groups excluding carboxylic acids is 2. The number of likely N-dealkylation sites (tertiary alicyclic amines) is 1. The monoisotopic (exact) mass is 291 g/mol. The third-order valence-corrected chi connectivity index (χ3v) is 4.05. The Morgan fingerprint density at radius 2 is 1.71 bits per heavy atom. The Morgan fingerprint density at radius 1 is 1.19 bits per heavy atom. The molecule has 116 valence electrons. The molecular weight excluding hydrogens is 266 g/mol. The van der Waals surface area contributed by atoms with Gasteiger partial charge in [0.05, 0.1) is 0 Å². The predicted molar refractivity (Wildman–Crippen MR) is 81.2 cm³/mol. The lowest BCUT2D eigenvalue weighted by atomic mass is 9.78. The van der Waals surface area contributed by atoms with Gasteiger partial charge in [0.15, 0.2) is 0 Å². The van der Waals surface area contributed by atoms with Crippen molar-refractivity contribution in [1.29, 1.82) is 0 Å². The van der Waals surface area contributed by atoms with E-state index in [9.17, 15) is 9.59 Å². The number of Topliss-reactive ketones (excluding diaryl/α,β-unsaturated/α-hetero) is 1. The molecule has 0 radical (unpaired) electrons. The first kappa shape index (κ1) is 15.7. The van der Waals surface area contributed by atoms with E-state index < -0.39 is 11.1 Å². The lowest BCUT2D eigenvalue weighted by molar-refractivity contribution is -0.130. The van der Waals surface area contributed by atoms with Crippen molar-refractivity contribution in [2.45, 2.75) is 71.5 Å².